The number of aryl methyl sites for hydroxylation is 4. The fourth-order valence-corrected chi connectivity index (χ4v) is 3.61. The van der Waals surface area contributed by atoms with Gasteiger partial charge in [-0.05, 0) is 69.2 Å². The molecule has 0 aliphatic rings. The van der Waals surface area contributed by atoms with E-state index in [0.29, 0.717) is 5.92 Å². The molecule has 1 aromatic heterocycles. The first-order chi connectivity index (χ1) is 11.8. The molecule has 0 fully saturated rings. The van der Waals surface area contributed by atoms with E-state index in [2.05, 4.69) is 46.8 Å². The summed E-state index contributed by atoms with van der Waals surface area (Å²) in [7, 11) is 1.77. The number of nitrogens with zero attached hydrogens (tertiary/aromatic N) is 2. The second-order valence-corrected chi connectivity index (χ2v) is 7.28. The Kier molecular flexibility index (Phi) is 6.71. The van der Waals surface area contributed by atoms with Gasteiger partial charge in [0.1, 0.15) is 5.82 Å². The molecule has 2 rings (SSSR count). The Morgan fingerprint density at radius 1 is 0.960 bits per heavy atom. The third kappa shape index (κ3) is 4.88. The maximum atomic E-state index is 5.36. The molecule has 0 saturated carbocycles. The van der Waals surface area contributed by atoms with Crippen molar-refractivity contribution in [3.05, 3.63) is 57.2 Å². The normalized spacial score (nSPS) is 12.4. The topological polar surface area (TPSA) is 35.0 Å². The van der Waals surface area contributed by atoms with Crippen LogP contribution in [0.25, 0.3) is 0 Å². The van der Waals surface area contributed by atoms with Gasteiger partial charge in [0.15, 0.2) is 0 Å². The quantitative estimate of drug-likeness (QED) is 0.724. The molecule has 0 aliphatic carbocycles. The number of methoxy groups -OCH3 is 1. The third-order valence-electron chi connectivity index (χ3n) is 5.11. The van der Waals surface area contributed by atoms with Crippen LogP contribution in [0.2, 0.25) is 0 Å². The van der Waals surface area contributed by atoms with Gasteiger partial charge >= 0.3 is 0 Å². The van der Waals surface area contributed by atoms with E-state index in [1.54, 1.807) is 7.11 Å². The summed E-state index contributed by atoms with van der Waals surface area (Å²) < 4.78 is 5.36. The molecule has 25 heavy (non-hydrogen) atoms. The number of ether oxygens (including phenoxy) is 1. The molecule has 0 N–H and O–H groups in total. The van der Waals surface area contributed by atoms with Crippen LogP contribution in [0.1, 0.15) is 58.4 Å². The molecule has 1 aromatic carbocycles. The van der Waals surface area contributed by atoms with Crippen molar-refractivity contribution in [2.24, 2.45) is 5.92 Å². The van der Waals surface area contributed by atoms with Gasteiger partial charge in [-0.15, -0.1) is 0 Å². The standard InChI is InChI=1S/C22H32N2O/c1-8-19(13-25-7)11-21-17(5)22(24-18(6)23-21)12-20-15(3)9-14(2)10-16(20)4/h9-10,19H,8,11-13H2,1-7H3. The second-order valence-electron chi connectivity index (χ2n) is 7.28. The van der Waals surface area contributed by atoms with Crippen molar-refractivity contribution < 1.29 is 4.74 Å². The summed E-state index contributed by atoms with van der Waals surface area (Å²) in [5.41, 5.74) is 8.97. The van der Waals surface area contributed by atoms with E-state index in [4.69, 9.17) is 14.7 Å². The monoisotopic (exact) mass is 340 g/mol. The minimum Gasteiger partial charge on any atom is -0.384 e. The number of rotatable bonds is 7. The molecule has 0 aliphatic heterocycles. The molecule has 2 aromatic rings. The fourth-order valence-electron chi connectivity index (χ4n) is 3.61. The molecule has 0 radical (unpaired) electrons. The lowest BCUT2D eigenvalue weighted by atomic mass is 9.93. The van der Waals surface area contributed by atoms with Crippen molar-refractivity contribution in [3.63, 3.8) is 0 Å². The zero-order chi connectivity index (χ0) is 18.6. The molecule has 136 valence electrons. The van der Waals surface area contributed by atoms with Crippen molar-refractivity contribution in [3.8, 4) is 0 Å². The highest BCUT2D eigenvalue weighted by Crippen LogP contribution is 2.23. The predicted octanol–water partition coefficient (Wildman–Crippen LogP) is 4.82. The number of hydrogen-bond acceptors (Lipinski definition) is 3. The van der Waals surface area contributed by atoms with Crippen LogP contribution in [0.5, 0.6) is 0 Å². The Morgan fingerprint density at radius 2 is 1.56 bits per heavy atom. The molecule has 3 nitrogen and oxygen atoms in total. The second kappa shape index (κ2) is 8.57. The van der Waals surface area contributed by atoms with Gasteiger partial charge in [-0.2, -0.15) is 0 Å². The van der Waals surface area contributed by atoms with E-state index in [9.17, 15) is 0 Å². The minimum atomic E-state index is 0.508. The molecule has 0 spiro atoms. The van der Waals surface area contributed by atoms with Gasteiger partial charge in [0, 0.05) is 25.8 Å². The highest BCUT2D eigenvalue weighted by molar-refractivity contribution is 5.41. The van der Waals surface area contributed by atoms with Crippen LogP contribution in [0.4, 0.5) is 0 Å². The Labute approximate surface area is 152 Å². The first-order valence-corrected chi connectivity index (χ1v) is 9.24. The zero-order valence-electron chi connectivity index (χ0n) is 16.9. The summed E-state index contributed by atoms with van der Waals surface area (Å²) in [5.74, 6) is 1.37. The molecule has 1 atom stereocenters. The summed E-state index contributed by atoms with van der Waals surface area (Å²) in [5, 5.41) is 0. The van der Waals surface area contributed by atoms with Crippen LogP contribution < -0.4 is 0 Å². The van der Waals surface area contributed by atoms with Gasteiger partial charge in [-0.25, -0.2) is 9.97 Å². The lowest BCUT2D eigenvalue weighted by Crippen LogP contribution is -2.15. The maximum absolute atomic E-state index is 5.36. The first-order valence-electron chi connectivity index (χ1n) is 9.24. The molecule has 1 unspecified atom stereocenters. The highest BCUT2D eigenvalue weighted by atomic mass is 16.5. The number of benzene rings is 1. The van der Waals surface area contributed by atoms with Crippen molar-refractivity contribution in [1.82, 2.24) is 9.97 Å². The van der Waals surface area contributed by atoms with Crippen LogP contribution in [0.3, 0.4) is 0 Å². The van der Waals surface area contributed by atoms with Crippen LogP contribution in [-0.2, 0) is 17.6 Å². The Balaban J connectivity index is 2.36. The zero-order valence-corrected chi connectivity index (χ0v) is 16.9. The Hall–Kier alpha value is -1.74. The lowest BCUT2D eigenvalue weighted by Gasteiger charge is -2.18. The SMILES string of the molecule is CCC(COC)Cc1nc(C)nc(Cc2c(C)cc(C)cc2C)c1C. The minimum absolute atomic E-state index is 0.508. The first kappa shape index (κ1) is 19.6. The summed E-state index contributed by atoms with van der Waals surface area (Å²) in [6.45, 7) is 13.7. The van der Waals surface area contributed by atoms with Crippen LogP contribution in [-0.4, -0.2) is 23.7 Å². The Morgan fingerprint density at radius 3 is 2.12 bits per heavy atom. The van der Waals surface area contributed by atoms with Crippen molar-refractivity contribution in [2.75, 3.05) is 13.7 Å². The number of aromatic nitrogens is 2. The largest absolute Gasteiger partial charge is 0.384 e. The van der Waals surface area contributed by atoms with Crippen LogP contribution in [0.15, 0.2) is 12.1 Å². The van der Waals surface area contributed by atoms with Crippen LogP contribution in [0, 0.1) is 40.5 Å². The Bertz CT molecular complexity index is 714. The highest BCUT2D eigenvalue weighted by Gasteiger charge is 2.16. The maximum Gasteiger partial charge on any atom is 0.125 e. The summed E-state index contributed by atoms with van der Waals surface area (Å²) >= 11 is 0. The van der Waals surface area contributed by atoms with Crippen LogP contribution >= 0.6 is 0 Å². The van der Waals surface area contributed by atoms with E-state index in [1.807, 2.05) is 6.92 Å². The molecule has 0 amide bonds. The van der Waals surface area contributed by atoms with Gasteiger partial charge in [-0.1, -0.05) is 31.0 Å². The van der Waals surface area contributed by atoms with Gasteiger partial charge in [0.25, 0.3) is 0 Å². The van der Waals surface area contributed by atoms with Gasteiger partial charge in [-0.3, -0.25) is 0 Å². The summed E-state index contributed by atoms with van der Waals surface area (Å²) in [6.07, 6.45) is 2.93. The fraction of sp³-hybridized carbons (Fsp3) is 0.545. The lowest BCUT2D eigenvalue weighted by molar-refractivity contribution is 0.149. The van der Waals surface area contributed by atoms with Gasteiger partial charge in [0.05, 0.1) is 5.69 Å². The van der Waals surface area contributed by atoms with E-state index >= 15 is 0 Å². The van der Waals surface area contributed by atoms with Crippen molar-refractivity contribution >= 4 is 0 Å². The summed E-state index contributed by atoms with van der Waals surface area (Å²) in [4.78, 5) is 9.51. The van der Waals surface area contributed by atoms with E-state index in [0.717, 1.165) is 37.4 Å². The average Bonchev–Trinajstić information content (AvgIpc) is 2.54. The average molecular weight is 341 g/mol. The smallest absolute Gasteiger partial charge is 0.125 e. The summed E-state index contributed by atoms with van der Waals surface area (Å²) in [6, 6.07) is 4.52. The molecular formula is C22H32N2O. The molecule has 1 heterocycles. The van der Waals surface area contributed by atoms with E-state index in [1.165, 1.54) is 33.5 Å². The molecule has 0 saturated heterocycles. The van der Waals surface area contributed by atoms with Gasteiger partial charge < -0.3 is 4.74 Å². The predicted molar refractivity (Wildman–Crippen MR) is 104 cm³/mol. The van der Waals surface area contributed by atoms with Gasteiger partial charge in [0.2, 0.25) is 0 Å². The molecular weight excluding hydrogens is 308 g/mol. The molecule has 0 bridgehead atoms. The third-order valence-corrected chi connectivity index (χ3v) is 5.11. The van der Waals surface area contributed by atoms with E-state index in [-0.39, 0.29) is 0 Å². The van der Waals surface area contributed by atoms with E-state index < -0.39 is 0 Å². The van der Waals surface area contributed by atoms with Crippen molar-refractivity contribution in [1.29, 1.82) is 0 Å². The van der Waals surface area contributed by atoms with Crippen molar-refractivity contribution in [2.45, 2.75) is 60.8 Å². The number of hydrogen-bond donors (Lipinski definition) is 0. The molecule has 3 heteroatoms.